The molecule has 1 unspecified atom stereocenters. The van der Waals surface area contributed by atoms with Gasteiger partial charge in [-0.05, 0) is 37.0 Å². The highest BCUT2D eigenvalue weighted by Gasteiger charge is 2.33. The Morgan fingerprint density at radius 2 is 2.14 bits per heavy atom. The summed E-state index contributed by atoms with van der Waals surface area (Å²) in [4.78, 5) is 26.8. The van der Waals surface area contributed by atoms with E-state index in [0.29, 0.717) is 25.8 Å². The Morgan fingerprint density at radius 3 is 2.81 bits per heavy atom. The number of carboxylic acid groups (broad SMARTS) is 1. The van der Waals surface area contributed by atoms with Gasteiger partial charge < -0.3 is 14.9 Å². The Balaban J connectivity index is 1.95. The van der Waals surface area contributed by atoms with E-state index in [1.54, 1.807) is 0 Å². The van der Waals surface area contributed by atoms with Gasteiger partial charge in [0.05, 0.1) is 0 Å². The molecule has 1 saturated heterocycles. The van der Waals surface area contributed by atoms with Crippen molar-refractivity contribution in [2.45, 2.75) is 31.7 Å². The molecule has 21 heavy (non-hydrogen) atoms. The zero-order chi connectivity index (χ0) is 15.4. The van der Waals surface area contributed by atoms with E-state index >= 15 is 0 Å². The molecular weight excluding hydrogens is 268 g/mol. The number of rotatable bonds is 5. The summed E-state index contributed by atoms with van der Waals surface area (Å²) in [5, 5.41) is 9.12. The van der Waals surface area contributed by atoms with Gasteiger partial charge in [0.15, 0.2) is 0 Å². The molecule has 1 aliphatic heterocycles. The summed E-state index contributed by atoms with van der Waals surface area (Å²) in [6.07, 6.45) is 2.35. The van der Waals surface area contributed by atoms with Crippen molar-refractivity contribution >= 4 is 17.6 Å². The fourth-order valence-corrected chi connectivity index (χ4v) is 2.71. The smallest absolute Gasteiger partial charge is 0.326 e. The summed E-state index contributed by atoms with van der Waals surface area (Å²) in [6, 6.07) is 7.42. The molecule has 1 aliphatic rings. The first-order chi connectivity index (χ1) is 9.99. The van der Waals surface area contributed by atoms with E-state index in [9.17, 15) is 9.59 Å². The number of carbonyl (C=O) groups is 2. The van der Waals surface area contributed by atoms with Crippen molar-refractivity contribution in [3.63, 3.8) is 0 Å². The van der Waals surface area contributed by atoms with Crippen molar-refractivity contribution in [1.82, 2.24) is 4.90 Å². The molecule has 0 spiro atoms. The highest BCUT2D eigenvalue weighted by molar-refractivity contribution is 5.84. The number of hydrogen-bond donors (Lipinski definition) is 1. The maximum atomic E-state index is 12.2. The molecule has 1 N–H and O–H groups in total. The van der Waals surface area contributed by atoms with E-state index in [1.165, 1.54) is 4.90 Å². The van der Waals surface area contributed by atoms with Gasteiger partial charge in [0.2, 0.25) is 5.91 Å². The molecular formula is C16H22N2O3. The standard InChI is InChI=1S/C16H22N2O3/c1-17(2)13-6-3-5-12(11-13)8-9-15(19)18-10-4-7-14(18)16(20)21/h3,5-6,11,14H,4,7-10H2,1-2H3,(H,20,21). The Kier molecular flexibility index (Phi) is 4.83. The summed E-state index contributed by atoms with van der Waals surface area (Å²) in [5.74, 6) is -0.953. The topological polar surface area (TPSA) is 60.9 Å². The van der Waals surface area contributed by atoms with Crippen LogP contribution >= 0.6 is 0 Å². The average Bonchev–Trinajstić information content (AvgIpc) is 2.94. The molecule has 0 aromatic heterocycles. The van der Waals surface area contributed by atoms with Crippen LogP contribution in [0.25, 0.3) is 0 Å². The monoisotopic (exact) mass is 290 g/mol. The van der Waals surface area contributed by atoms with E-state index in [0.717, 1.165) is 17.7 Å². The van der Waals surface area contributed by atoms with Crippen LogP contribution in [0.15, 0.2) is 24.3 Å². The fraction of sp³-hybridized carbons (Fsp3) is 0.500. The minimum Gasteiger partial charge on any atom is -0.480 e. The number of hydrogen-bond acceptors (Lipinski definition) is 3. The number of benzene rings is 1. The first kappa shape index (κ1) is 15.4. The SMILES string of the molecule is CN(C)c1cccc(CCC(=O)N2CCCC2C(=O)O)c1. The number of amides is 1. The summed E-state index contributed by atoms with van der Waals surface area (Å²) in [6.45, 7) is 0.563. The van der Waals surface area contributed by atoms with Gasteiger partial charge in [-0.1, -0.05) is 12.1 Å². The molecule has 1 atom stereocenters. The van der Waals surface area contributed by atoms with Crippen molar-refractivity contribution in [3.05, 3.63) is 29.8 Å². The molecule has 1 aromatic rings. The van der Waals surface area contributed by atoms with Crippen LogP contribution < -0.4 is 4.90 Å². The molecule has 1 heterocycles. The third kappa shape index (κ3) is 3.74. The molecule has 5 heteroatoms. The molecule has 1 amide bonds. The normalized spacial score (nSPS) is 17.8. The van der Waals surface area contributed by atoms with Crippen LogP contribution in [0.3, 0.4) is 0 Å². The summed E-state index contributed by atoms with van der Waals surface area (Å²) < 4.78 is 0. The summed E-state index contributed by atoms with van der Waals surface area (Å²) in [5.41, 5.74) is 2.20. The predicted octanol–water partition coefficient (Wildman–Crippen LogP) is 1.76. The largest absolute Gasteiger partial charge is 0.480 e. The quantitative estimate of drug-likeness (QED) is 0.897. The second-order valence-corrected chi connectivity index (χ2v) is 5.65. The van der Waals surface area contributed by atoms with Crippen molar-refractivity contribution in [2.24, 2.45) is 0 Å². The van der Waals surface area contributed by atoms with Crippen molar-refractivity contribution in [2.75, 3.05) is 25.5 Å². The first-order valence-corrected chi connectivity index (χ1v) is 7.27. The Bertz CT molecular complexity index is 528. The molecule has 0 saturated carbocycles. The van der Waals surface area contributed by atoms with Gasteiger partial charge in [0.25, 0.3) is 0 Å². The van der Waals surface area contributed by atoms with Crippen LogP contribution in [0.1, 0.15) is 24.8 Å². The Morgan fingerprint density at radius 1 is 1.38 bits per heavy atom. The number of aliphatic carboxylic acids is 1. The fourth-order valence-electron chi connectivity index (χ4n) is 2.71. The van der Waals surface area contributed by atoms with Crippen LogP contribution in [0.4, 0.5) is 5.69 Å². The van der Waals surface area contributed by atoms with Crippen LogP contribution in [0.5, 0.6) is 0 Å². The number of anilines is 1. The van der Waals surface area contributed by atoms with Gasteiger partial charge in [-0.2, -0.15) is 0 Å². The highest BCUT2D eigenvalue weighted by Crippen LogP contribution is 2.20. The highest BCUT2D eigenvalue weighted by atomic mass is 16.4. The van der Waals surface area contributed by atoms with Crippen molar-refractivity contribution in [1.29, 1.82) is 0 Å². The van der Waals surface area contributed by atoms with Gasteiger partial charge in [-0.25, -0.2) is 4.79 Å². The van der Waals surface area contributed by atoms with Gasteiger partial charge in [-0.15, -0.1) is 0 Å². The third-order valence-corrected chi connectivity index (χ3v) is 3.91. The average molecular weight is 290 g/mol. The van der Waals surface area contributed by atoms with E-state index in [-0.39, 0.29) is 5.91 Å². The third-order valence-electron chi connectivity index (χ3n) is 3.91. The van der Waals surface area contributed by atoms with Crippen LogP contribution in [0.2, 0.25) is 0 Å². The van der Waals surface area contributed by atoms with E-state index in [1.807, 2.05) is 37.2 Å². The second-order valence-electron chi connectivity index (χ2n) is 5.65. The molecule has 1 fully saturated rings. The lowest BCUT2D eigenvalue weighted by Crippen LogP contribution is -2.40. The van der Waals surface area contributed by atoms with E-state index < -0.39 is 12.0 Å². The molecule has 1 aromatic carbocycles. The Labute approximate surface area is 125 Å². The van der Waals surface area contributed by atoms with Crippen LogP contribution in [0, 0.1) is 0 Å². The number of carbonyl (C=O) groups excluding carboxylic acids is 1. The first-order valence-electron chi connectivity index (χ1n) is 7.27. The zero-order valence-corrected chi connectivity index (χ0v) is 12.6. The molecule has 2 rings (SSSR count). The van der Waals surface area contributed by atoms with Gasteiger partial charge >= 0.3 is 5.97 Å². The number of nitrogens with zero attached hydrogens (tertiary/aromatic N) is 2. The summed E-state index contributed by atoms with van der Waals surface area (Å²) in [7, 11) is 3.96. The van der Waals surface area contributed by atoms with Crippen molar-refractivity contribution < 1.29 is 14.7 Å². The van der Waals surface area contributed by atoms with Crippen LogP contribution in [-0.2, 0) is 16.0 Å². The molecule has 0 aliphatic carbocycles. The van der Waals surface area contributed by atoms with Gasteiger partial charge in [0, 0.05) is 32.7 Å². The minimum absolute atomic E-state index is 0.0600. The molecule has 114 valence electrons. The minimum atomic E-state index is -0.893. The summed E-state index contributed by atoms with van der Waals surface area (Å²) >= 11 is 0. The van der Waals surface area contributed by atoms with Crippen LogP contribution in [-0.4, -0.2) is 48.6 Å². The molecule has 0 bridgehead atoms. The number of likely N-dealkylation sites (tertiary alicyclic amines) is 1. The maximum absolute atomic E-state index is 12.2. The molecule has 0 radical (unpaired) electrons. The molecule has 5 nitrogen and oxygen atoms in total. The predicted molar refractivity (Wildman–Crippen MR) is 81.5 cm³/mol. The van der Waals surface area contributed by atoms with E-state index in [2.05, 4.69) is 6.07 Å². The lowest BCUT2D eigenvalue weighted by molar-refractivity contribution is -0.148. The second kappa shape index (κ2) is 6.61. The van der Waals surface area contributed by atoms with Crippen molar-refractivity contribution in [3.8, 4) is 0 Å². The van der Waals surface area contributed by atoms with Gasteiger partial charge in [0.1, 0.15) is 6.04 Å². The number of aryl methyl sites for hydroxylation is 1. The van der Waals surface area contributed by atoms with Gasteiger partial charge in [-0.3, -0.25) is 4.79 Å². The number of carboxylic acids is 1. The lowest BCUT2D eigenvalue weighted by Gasteiger charge is -2.21. The maximum Gasteiger partial charge on any atom is 0.326 e. The van der Waals surface area contributed by atoms with E-state index in [4.69, 9.17) is 5.11 Å². The lowest BCUT2D eigenvalue weighted by atomic mass is 10.1. The Hall–Kier alpha value is -2.04. The zero-order valence-electron chi connectivity index (χ0n) is 12.6.